The minimum Gasteiger partial charge on any atom is -0.347 e. The van der Waals surface area contributed by atoms with E-state index in [9.17, 15) is 0 Å². The van der Waals surface area contributed by atoms with Gasteiger partial charge >= 0.3 is 0 Å². The Kier molecular flexibility index (Phi) is 1.96. The molecular formula is C14H15NO2. The monoisotopic (exact) mass is 229 g/mol. The molecule has 88 valence electrons. The average molecular weight is 229 g/mol. The predicted octanol–water partition coefficient (Wildman–Crippen LogP) is 0.766. The number of ether oxygens (including phenoxy) is 2. The molecule has 0 radical (unpaired) electrons. The van der Waals surface area contributed by atoms with Gasteiger partial charge in [-0.05, 0) is 18.1 Å². The van der Waals surface area contributed by atoms with E-state index < -0.39 is 0 Å². The van der Waals surface area contributed by atoms with Crippen LogP contribution in [0.15, 0.2) is 29.3 Å². The van der Waals surface area contributed by atoms with Gasteiger partial charge in [-0.25, -0.2) is 0 Å². The summed E-state index contributed by atoms with van der Waals surface area (Å²) in [6.07, 6.45) is 2.90. The molecule has 0 aromatic heterocycles. The maximum Gasteiger partial charge on any atom is 0.172 e. The normalized spacial score (nSPS) is 28.9. The Morgan fingerprint density at radius 2 is 2.00 bits per heavy atom. The molecule has 0 unspecified atom stereocenters. The number of hydrogen-bond acceptors (Lipinski definition) is 3. The van der Waals surface area contributed by atoms with Gasteiger partial charge in [-0.15, -0.1) is 0 Å². The second-order valence-electron chi connectivity index (χ2n) is 5.01. The van der Waals surface area contributed by atoms with Gasteiger partial charge in [0.1, 0.15) is 0 Å². The van der Waals surface area contributed by atoms with Crippen LogP contribution >= 0.6 is 0 Å². The van der Waals surface area contributed by atoms with Crippen LogP contribution in [0.5, 0.6) is 0 Å². The fourth-order valence-corrected chi connectivity index (χ4v) is 3.21. The molecule has 0 amide bonds. The molecule has 3 heteroatoms. The molecule has 1 aliphatic carbocycles. The molecule has 1 aromatic carbocycles. The maximum atomic E-state index is 5.82. The topological polar surface area (TPSA) is 30.8 Å². The Morgan fingerprint density at radius 3 is 2.88 bits per heavy atom. The zero-order valence-corrected chi connectivity index (χ0v) is 9.69. The maximum absolute atomic E-state index is 5.82. The fourth-order valence-electron chi connectivity index (χ4n) is 3.21. The Bertz CT molecular complexity index is 572. The van der Waals surface area contributed by atoms with Crippen molar-refractivity contribution in [2.24, 2.45) is 4.99 Å². The third kappa shape index (κ3) is 1.39. The van der Waals surface area contributed by atoms with Gasteiger partial charge in [0, 0.05) is 18.1 Å². The van der Waals surface area contributed by atoms with Gasteiger partial charge in [0.2, 0.25) is 0 Å². The van der Waals surface area contributed by atoms with Crippen LogP contribution in [0.4, 0.5) is 0 Å². The summed E-state index contributed by atoms with van der Waals surface area (Å²) in [5, 5.41) is 2.44. The molecule has 1 atom stereocenters. The van der Waals surface area contributed by atoms with Crippen molar-refractivity contribution >= 4 is 5.57 Å². The molecule has 3 nitrogen and oxygen atoms in total. The minimum absolute atomic E-state index is 0.335. The quantitative estimate of drug-likeness (QED) is 0.658. The van der Waals surface area contributed by atoms with Crippen LogP contribution in [0, 0.1) is 0 Å². The number of benzene rings is 1. The first-order chi connectivity index (χ1) is 8.36. The van der Waals surface area contributed by atoms with Crippen molar-refractivity contribution in [3.05, 3.63) is 34.8 Å². The Morgan fingerprint density at radius 1 is 1.18 bits per heavy atom. The third-order valence-electron chi connectivity index (χ3n) is 4.02. The summed E-state index contributed by atoms with van der Waals surface area (Å²) in [5.74, 6) is -0.335. The van der Waals surface area contributed by atoms with Gasteiger partial charge in [0.05, 0.1) is 24.6 Å². The van der Waals surface area contributed by atoms with Crippen LogP contribution in [-0.4, -0.2) is 25.0 Å². The van der Waals surface area contributed by atoms with Crippen LogP contribution in [0.25, 0.3) is 5.57 Å². The summed E-state index contributed by atoms with van der Waals surface area (Å²) in [4.78, 5) is 4.78. The Hall–Kier alpha value is -1.19. The SMILES string of the molecule is c1ccc2c(c1)=N[C@@H]1CCC3(CC=21)OCCO3. The summed E-state index contributed by atoms with van der Waals surface area (Å²) in [6.45, 7) is 1.47. The van der Waals surface area contributed by atoms with Crippen LogP contribution < -0.4 is 10.6 Å². The molecule has 1 saturated heterocycles. The lowest BCUT2D eigenvalue weighted by Crippen LogP contribution is -2.38. The van der Waals surface area contributed by atoms with Crippen LogP contribution in [0.1, 0.15) is 19.3 Å². The third-order valence-corrected chi connectivity index (χ3v) is 4.02. The summed E-state index contributed by atoms with van der Waals surface area (Å²) in [7, 11) is 0. The van der Waals surface area contributed by atoms with E-state index in [4.69, 9.17) is 14.5 Å². The van der Waals surface area contributed by atoms with E-state index in [1.807, 2.05) is 0 Å². The lowest BCUT2D eigenvalue weighted by atomic mass is 9.85. The fraction of sp³-hybridized carbons (Fsp3) is 0.500. The lowest BCUT2D eigenvalue weighted by Gasteiger charge is -2.34. The number of fused-ring (bicyclic) bond motifs is 2. The molecule has 2 heterocycles. The first-order valence-electron chi connectivity index (χ1n) is 6.30. The number of para-hydroxylation sites is 1. The second-order valence-corrected chi connectivity index (χ2v) is 5.01. The van der Waals surface area contributed by atoms with Crippen molar-refractivity contribution in [2.75, 3.05) is 13.2 Å². The standard InChI is InChI=1S/C14H15NO2/c1-2-4-12-10(3-1)11-9-14(16-7-8-17-14)6-5-13(11)15-12/h1-4,13H,5-9H2/t13-/m1/s1. The molecular weight excluding hydrogens is 214 g/mol. The lowest BCUT2D eigenvalue weighted by molar-refractivity contribution is -0.163. The molecule has 1 spiro atoms. The molecule has 1 saturated carbocycles. The number of nitrogens with zero attached hydrogens (tertiary/aromatic N) is 1. The van der Waals surface area contributed by atoms with Crippen molar-refractivity contribution in [1.82, 2.24) is 0 Å². The van der Waals surface area contributed by atoms with E-state index in [-0.39, 0.29) is 5.79 Å². The molecule has 1 aromatic rings. The molecule has 2 fully saturated rings. The van der Waals surface area contributed by atoms with Gasteiger partial charge in [0.25, 0.3) is 0 Å². The van der Waals surface area contributed by atoms with E-state index >= 15 is 0 Å². The molecule has 0 N–H and O–H groups in total. The Balaban J connectivity index is 1.84. The first kappa shape index (κ1) is 9.80. The van der Waals surface area contributed by atoms with Crippen molar-refractivity contribution in [3.8, 4) is 0 Å². The van der Waals surface area contributed by atoms with E-state index in [1.54, 1.807) is 0 Å². The minimum atomic E-state index is -0.335. The highest BCUT2D eigenvalue weighted by Gasteiger charge is 2.43. The molecule has 0 bridgehead atoms. The van der Waals surface area contributed by atoms with Crippen LogP contribution in [0.3, 0.4) is 0 Å². The Labute approximate surface area is 99.8 Å². The predicted molar refractivity (Wildman–Crippen MR) is 62.9 cm³/mol. The van der Waals surface area contributed by atoms with Crippen molar-refractivity contribution < 1.29 is 9.47 Å². The van der Waals surface area contributed by atoms with Crippen molar-refractivity contribution in [2.45, 2.75) is 31.1 Å². The zero-order chi connectivity index (χ0) is 11.3. The first-order valence-corrected chi connectivity index (χ1v) is 6.30. The zero-order valence-electron chi connectivity index (χ0n) is 9.69. The van der Waals surface area contributed by atoms with Gasteiger partial charge in [-0.3, -0.25) is 4.99 Å². The molecule has 3 aliphatic rings. The smallest absolute Gasteiger partial charge is 0.172 e. The van der Waals surface area contributed by atoms with E-state index in [0.29, 0.717) is 6.04 Å². The summed E-state index contributed by atoms with van der Waals surface area (Å²) in [5.41, 5.74) is 1.41. The molecule has 2 aliphatic heterocycles. The highest BCUT2D eigenvalue weighted by Crippen LogP contribution is 2.40. The highest BCUT2D eigenvalue weighted by molar-refractivity contribution is 5.55. The van der Waals surface area contributed by atoms with E-state index in [2.05, 4.69) is 24.3 Å². The summed E-state index contributed by atoms with van der Waals surface area (Å²) < 4.78 is 11.6. The summed E-state index contributed by atoms with van der Waals surface area (Å²) >= 11 is 0. The van der Waals surface area contributed by atoms with Gasteiger partial charge in [-0.2, -0.15) is 0 Å². The van der Waals surface area contributed by atoms with E-state index in [0.717, 1.165) is 37.8 Å². The largest absolute Gasteiger partial charge is 0.347 e. The van der Waals surface area contributed by atoms with Gasteiger partial charge in [0.15, 0.2) is 5.79 Å². The molecule has 17 heavy (non-hydrogen) atoms. The average Bonchev–Trinajstić information content (AvgIpc) is 2.95. The van der Waals surface area contributed by atoms with Crippen molar-refractivity contribution in [3.63, 3.8) is 0 Å². The van der Waals surface area contributed by atoms with Crippen LogP contribution in [0.2, 0.25) is 0 Å². The van der Waals surface area contributed by atoms with Gasteiger partial charge < -0.3 is 9.47 Å². The van der Waals surface area contributed by atoms with Gasteiger partial charge in [-0.1, -0.05) is 18.2 Å². The highest BCUT2D eigenvalue weighted by atomic mass is 16.7. The van der Waals surface area contributed by atoms with E-state index in [1.165, 1.54) is 10.8 Å². The van der Waals surface area contributed by atoms with Crippen molar-refractivity contribution in [1.29, 1.82) is 0 Å². The van der Waals surface area contributed by atoms with Crippen LogP contribution in [-0.2, 0) is 9.47 Å². The number of hydrogen-bond donors (Lipinski definition) is 0. The second kappa shape index (κ2) is 3.40. The summed E-state index contributed by atoms with van der Waals surface area (Å²) in [6, 6.07) is 8.78. The number of rotatable bonds is 0. The molecule has 4 rings (SSSR count).